The number of rotatable bonds is 5. The first-order valence-corrected chi connectivity index (χ1v) is 9.77. The SMILES string of the molecule is COc1ccc(F)cc1CN1CCN([C@@H]2CC(=O)N(c3ccccc3)C2=O)CC1. The fourth-order valence-corrected chi connectivity index (χ4v) is 4.09. The molecule has 0 spiro atoms. The summed E-state index contributed by atoms with van der Waals surface area (Å²) >= 11 is 0. The number of carbonyl (C=O) groups excluding carboxylic acids is 2. The van der Waals surface area contributed by atoms with E-state index in [1.807, 2.05) is 18.2 Å². The maximum atomic E-state index is 13.6. The topological polar surface area (TPSA) is 53.1 Å². The van der Waals surface area contributed by atoms with E-state index in [2.05, 4.69) is 9.80 Å². The van der Waals surface area contributed by atoms with Crippen LogP contribution >= 0.6 is 0 Å². The van der Waals surface area contributed by atoms with Crippen LogP contribution in [-0.2, 0) is 16.1 Å². The lowest BCUT2D eigenvalue weighted by Gasteiger charge is -2.37. The van der Waals surface area contributed by atoms with E-state index in [1.165, 1.54) is 17.0 Å². The highest BCUT2D eigenvalue weighted by Crippen LogP contribution is 2.27. The minimum atomic E-state index is -0.409. The molecule has 2 amide bonds. The van der Waals surface area contributed by atoms with E-state index >= 15 is 0 Å². The minimum Gasteiger partial charge on any atom is -0.496 e. The third-order valence-electron chi connectivity index (χ3n) is 5.62. The molecule has 2 aromatic rings. The summed E-state index contributed by atoms with van der Waals surface area (Å²) in [6, 6.07) is 13.2. The van der Waals surface area contributed by atoms with Crippen LogP contribution in [0.15, 0.2) is 48.5 Å². The fourth-order valence-electron chi connectivity index (χ4n) is 4.09. The van der Waals surface area contributed by atoms with Crippen LogP contribution < -0.4 is 9.64 Å². The number of methoxy groups -OCH3 is 1. The Morgan fingerprint density at radius 2 is 1.76 bits per heavy atom. The van der Waals surface area contributed by atoms with E-state index < -0.39 is 6.04 Å². The lowest BCUT2D eigenvalue weighted by molar-refractivity contribution is -0.123. The number of halogens is 1. The maximum absolute atomic E-state index is 13.6. The number of benzene rings is 2. The van der Waals surface area contributed by atoms with Gasteiger partial charge >= 0.3 is 0 Å². The van der Waals surface area contributed by atoms with Crippen LogP contribution in [0.2, 0.25) is 0 Å². The molecular formula is C22H24FN3O3. The molecule has 0 N–H and O–H groups in total. The average Bonchev–Trinajstić information content (AvgIpc) is 3.03. The van der Waals surface area contributed by atoms with E-state index in [4.69, 9.17) is 4.74 Å². The Morgan fingerprint density at radius 3 is 2.45 bits per heavy atom. The molecular weight excluding hydrogens is 373 g/mol. The van der Waals surface area contributed by atoms with Gasteiger partial charge < -0.3 is 4.74 Å². The number of hydrogen-bond acceptors (Lipinski definition) is 5. The molecule has 6 nitrogen and oxygen atoms in total. The van der Waals surface area contributed by atoms with Gasteiger partial charge in [0.15, 0.2) is 0 Å². The van der Waals surface area contributed by atoms with Gasteiger partial charge in [0.2, 0.25) is 5.91 Å². The van der Waals surface area contributed by atoms with Gasteiger partial charge in [-0.15, -0.1) is 0 Å². The Balaban J connectivity index is 1.38. The molecule has 2 fully saturated rings. The van der Waals surface area contributed by atoms with Crippen LogP contribution in [0.5, 0.6) is 5.75 Å². The second-order valence-corrected chi connectivity index (χ2v) is 7.39. The summed E-state index contributed by atoms with van der Waals surface area (Å²) in [5, 5.41) is 0. The molecule has 2 heterocycles. The zero-order valence-corrected chi connectivity index (χ0v) is 16.4. The minimum absolute atomic E-state index is 0.151. The average molecular weight is 397 g/mol. The van der Waals surface area contributed by atoms with Crippen LogP contribution in [0, 0.1) is 5.82 Å². The molecule has 0 unspecified atom stereocenters. The number of anilines is 1. The van der Waals surface area contributed by atoms with Gasteiger partial charge in [0, 0.05) is 38.3 Å². The van der Waals surface area contributed by atoms with Crippen molar-refractivity contribution in [2.75, 3.05) is 38.2 Å². The Labute approximate surface area is 169 Å². The molecule has 152 valence electrons. The standard InChI is InChI=1S/C22H24FN3O3/c1-29-20-8-7-17(23)13-16(20)15-24-9-11-25(12-10-24)19-14-21(27)26(22(19)28)18-5-3-2-4-6-18/h2-8,13,19H,9-12,14-15H2,1H3/t19-/m1/s1. The van der Waals surface area contributed by atoms with E-state index in [0.29, 0.717) is 31.1 Å². The molecule has 2 aliphatic rings. The Hall–Kier alpha value is -2.77. The smallest absolute Gasteiger partial charge is 0.251 e. The number of piperazine rings is 1. The van der Waals surface area contributed by atoms with Crippen molar-refractivity contribution in [3.05, 3.63) is 59.9 Å². The van der Waals surface area contributed by atoms with Crippen molar-refractivity contribution in [1.29, 1.82) is 0 Å². The van der Waals surface area contributed by atoms with E-state index in [0.717, 1.165) is 18.7 Å². The Morgan fingerprint density at radius 1 is 1.03 bits per heavy atom. The molecule has 2 aromatic carbocycles. The van der Waals surface area contributed by atoms with Gasteiger partial charge in [-0.2, -0.15) is 0 Å². The first-order valence-electron chi connectivity index (χ1n) is 9.77. The third kappa shape index (κ3) is 4.02. The monoisotopic (exact) mass is 397 g/mol. The summed E-state index contributed by atoms with van der Waals surface area (Å²) < 4.78 is 18.9. The van der Waals surface area contributed by atoms with Crippen molar-refractivity contribution in [3.8, 4) is 5.75 Å². The summed E-state index contributed by atoms with van der Waals surface area (Å²) in [6.45, 7) is 3.43. The van der Waals surface area contributed by atoms with Crippen molar-refractivity contribution >= 4 is 17.5 Å². The van der Waals surface area contributed by atoms with E-state index in [1.54, 1.807) is 25.3 Å². The van der Waals surface area contributed by atoms with E-state index in [-0.39, 0.29) is 24.1 Å². The molecule has 0 aromatic heterocycles. The van der Waals surface area contributed by atoms with Crippen LogP contribution in [0.1, 0.15) is 12.0 Å². The van der Waals surface area contributed by atoms with Gasteiger partial charge in [0.1, 0.15) is 11.6 Å². The second kappa shape index (κ2) is 8.31. The third-order valence-corrected chi connectivity index (χ3v) is 5.62. The van der Waals surface area contributed by atoms with Gasteiger partial charge in [-0.05, 0) is 30.3 Å². The summed E-state index contributed by atoms with van der Waals surface area (Å²) in [7, 11) is 1.58. The van der Waals surface area contributed by atoms with Gasteiger partial charge in [-0.1, -0.05) is 18.2 Å². The molecule has 1 atom stereocenters. The predicted molar refractivity (Wildman–Crippen MR) is 107 cm³/mol. The number of ether oxygens (including phenoxy) is 1. The van der Waals surface area contributed by atoms with Gasteiger partial charge in [0.05, 0.1) is 25.3 Å². The summed E-state index contributed by atoms with van der Waals surface area (Å²) in [5.74, 6) is 0.0824. The van der Waals surface area contributed by atoms with Crippen molar-refractivity contribution in [2.45, 2.75) is 19.0 Å². The van der Waals surface area contributed by atoms with Crippen molar-refractivity contribution < 1.29 is 18.7 Å². The number of para-hydroxylation sites is 1. The second-order valence-electron chi connectivity index (χ2n) is 7.39. The highest BCUT2D eigenvalue weighted by molar-refractivity contribution is 6.22. The highest BCUT2D eigenvalue weighted by atomic mass is 19.1. The molecule has 0 saturated carbocycles. The summed E-state index contributed by atoms with van der Waals surface area (Å²) in [4.78, 5) is 31.0. The molecule has 29 heavy (non-hydrogen) atoms. The van der Waals surface area contributed by atoms with Crippen LogP contribution in [0.25, 0.3) is 0 Å². The van der Waals surface area contributed by atoms with Gasteiger partial charge in [0.25, 0.3) is 5.91 Å². The lowest BCUT2D eigenvalue weighted by atomic mass is 10.1. The van der Waals surface area contributed by atoms with Crippen molar-refractivity contribution in [3.63, 3.8) is 0 Å². The zero-order valence-electron chi connectivity index (χ0n) is 16.4. The van der Waals surface area contributed by atoms with Crippen molar-refractivity contribution in [2.24, 2.45) is 0 Å². The quantitative estimate of drug-likeness (QED) is 0.725. The predicted octanol–water partition coefficient (Wildman–Crippen LogP) is 2.28. The molecule has 0 aliphatic carbocycles. The molecule has 2 aliphatic heterocycles. The van der Waals surface area contributed by atoms with Crippen LogP contribution in [0.3, 0.4) is 0 Å². The molecule has 2 saturated heterocycles. The number of nitrogens with zero attached hydrogens (tertiary/aromatic N) is 3. The van der Waals surface area contributed by atoms with Crippen molar-refractivity contribution in [1.82, 2.24) is 9.80 Å². The van der Waals surface area contributed by atoms with Crippen LogP contribution in [-0.4, -0.2) is 60.9 Å². The number of hydrogen-bond donors (Lipinski definition) is 0. The molecule has 4 rings (SSSR count). The molecule has 0 radical (unpaired) electrons. The number of amides is 2. The first-order chi connectivity index (χ1) is 14.1. The largest absolute Gasteiger partial charge is 0.496 e. The Bertz CT molecular complexity index is 897. The van der Waals surface area contributed by atoms with Gasteiger partial charge in [-0.3, -0.25) is 19.4 Å². The fraction of sp³-hybridized carbons (Fsp3) is 0.364. The molecule has 0 bridgehead atoms. The lowest BCUT2D eigenvalue weighted by Crippen LogP contribution is -2.52. The summed E-state index contributed by atoms with van der Waals surface area (Å²) in [5.41, 5.74) is 1.44. The molecule has 7 heteroatoms. The maximum Gasteiger partial charge on any atom is 0.251 e. The van der Waals surface area contributed by atoms with E-state index in [9.17, 15) is 14.0 Å². The van der Waals surface area contributed by atoms with Crippen LogP contribution in [0.4, 0.5) is 10.1 Å². The zero-order chi connectivity index (χ0) is 20.4. The number of carbonyl (C=O) groups is 2. The normalized spacial score (nSPS) is 21.0. The van der Waals surface area contributed by atoms with Gasteiger partial charge in [-0.25, -0.2) is 9.29 Å². The highest BCUT2D eigenvalue weighted by Gasteiger charge is 2.43. The number of imide groups is 1. The first kappa shape index (κ1) is 19.5. The Kier molecular flexibility index (Phi) is 5.60. The summed E-state index contributed by atoms with van der Waals surface area (Å²) in [6.07, 6.45) is 0.214.